The van der Waals surface area contributed by atoms with Crippen molar-refractivity contribution in [1.82, 2.24) is 4.90 Å². The topological polar surface area (TPSA) is 54.5 Å². The van der Waals surface area contributed by atoms with Crippen LogP contribution in [0, 0.1) is 0 Å². The van der Waals surface area contributed by atoms with Crippen molar-refractivity contribution in [2.45, 2.75) is 11.7 Å². The minimum atomic E-state index is -3.12. The van der Waals surface area contributed by atoms with Gasteiger partial charge < -0.3 is 4.90 Å². The van der Waals surface area contributed by atoms with Gasteiger partial charge in [-0.05, 0) is 41.8 Å². The second-order valence-electron chi connectivity index (χ2n) is 6.20. The summed E-state index contributed by atoms with van der Waals surface area (Å²) >= 11 is 12.0. The summed E-state index contributed by atoms with van der Waals surface area (Å²) < 4.78 is 23.3. The van der Waals surface area contributed by atoms with Crippen LogP contribution in [-0.4, -0.2) is 43.8 Å². The summed E-state index contributed by atoms with van der Waals surface area (Å²) in [6.45, 7) is 0.720. The van der Waals surface area contributed by atoms with E-state index < -0.39 is 15.1 Å². The van der Waals surface area contributed by atoms with E-state index in [1.807, 2.05) is 18.2 Å². The Morgan fingerprint density at radius 3 is 2.24 bits per heavy atom. The summed E-state index contributed by atoms with van der Waals surface area (Å²) in [5.74, 6) is -0.146. The quantitative estimate of drug-likeness (QED) is 0.788. The molecule has 1 fully saturated rings. The molecule has 0 radical (unpaired) electrons. The van der Waals surface area contributed by atoms with Crippen LogP contribution in [0.15, 0.2) is 42.5 Å². The minimum Gasteiger partial charge on any atom is -0.337 e. The third-order valence-electron chi connectivity index (χ3n) is 4.42. The predicted molar refractivity (Wildman–Crippen MR) is 101 cm³/mol. The van der Waals surface area contributed by atoms with Crippen LogP contribution < -0.4 is 0 Å². The number of amides is 1. The van der Waals surface area contributed by atoms with Crippen molar-refractivity contribution in [1.29, 1.82) is 0 Å². The Morgan fingerprint density at radius 2 is 1.68 bits per heavy atom. The van der Waals surface area contributed by atoms with Crippen molar-refractivity contribution in [2.24, 2.45) is 0 Å². The monoisotopic (exact) mass is 397 g/mol. The Balaban J connectivity index is 1.76. The minimum absolute atomic E-state index is 0.146. The van der Waals surface area contributed by atoms with Gasteiger partial charge in [0.05, 0.1) is 15.3 Å². The average Bonchev–Trinajstić information content (AvgIpc) is 3.07. The molecular weight excluding hydrogens is 381 g/mol. The maximum atomic E-state index is 12.6. The van der Waals surface area contributed by atoms with Crippen molar-refractivity contribution in [2.75, 3.05) is 19.3 Å². The summed E-state index contributed by atoms with van der Waals surface area (Å²) in [6, 6.07) is 12.5. The molecule has 7 heteroatoms. The van der Waals surface area contributed by atoms with Crippen molar-refractivity contribution < 1.29 is 13.2 Å². The number of nitrogens with zero attached hydrogens (tertiary/aromatic N) is 1. The fourth-order valence-corrected chi connectivity index (χ4v) is 4.21. The number of carbonyl (C=O) groups is 1. The van der Waals surface area contributed by atoms with E-state index in [0.29, 0.717) is 28.6 Å². The van der Waals surface area contributed by atoms with Crippen molar-refractivity contribution in [3.63, 3.8) is 0 Å². The summed E-state index contributed by atoms with van der Waals surface area (Å²) in [5, 5.41) is 0.502. The molecule has 2 aromatic carbocycles. The molecule has 0 saturated carbocycles. The number of likely N-dealkylation sites (tertiary alicyclic amines) is 1. The van der Waals surface area contributed by atoms with Gasteiger partial charge in [-0.1, -0.05) is 41.4 Å². The molecule has 0 aromatic heterocycles. The maximum Gasteiger partial charge on any atom is 0.253 e. The van der Waals surface area contributed by atoms with Gasteiger partial charge in [0, 0.05) is 24.9 Å². The van der Waals surface area contributed by atoms with Gasteiger partial charge in [0.1, 0.15) is 0 Å². The SMILES string of the molecule is CS(=O)(=O)C1CCN(C(=O)c2ccc(-c3ccc(Cl)c(Cl)c3)cc2)C1. The number of hydrogen-bond donors (Lipinski definition) is 0. The lowest BCUT2D eigenvalue weighted by atomic mass is 10.0. The van der Waals surface area contributed by atoms with Gasteiger partial charge in [-0.25, -0.2) is 8.42 Å². The molecule has 0 bridgehead atoms. The van der Waals surface area contributed by atoms with Gasteiger partial charge in [0.25, 0.3) is 5.91 Å². The van der Waals surface area contributed by atoms with Crippen molar-refractivity contribution in [3.8, 4) is 11.1 Å². The van der Waals surface area contributed by atoms with Crippen LogP contribution in [0.4, 0.5) is 0 Å². The number of hydrogen-bond acceptors (Lipinski definition) is 3. The molecule has 1 saturated heterocycles. The highest BCUT2D eigenvalue weighted by atomic mass is 35.5. The zero-order valence-corrected chi connectivity index (χ0v) is 15.9. The van der Waals surface area contributed by atoms with E-state index in [0.717, 1.165) is 11.1 Å². The summed E-state index contributed by atoms with van der Waals surface area (Å²) in [5.41, 5.74) is 2.37. The lowest BCUT2D eigenvalue weighted by Gasteiger charge is -2.16. The molecule has 0 spiro atoms. The molecule has 25 heavy (non-hydrogen) atoms. The molecule has 1 aliphatic rings. The van der Waals surface area contributed by atoms with E-state index in [1.165, 1.54) is 6.26 Å². The number of rotatable bonds is 3. The standard InChI is InChI=1S/C18H17Cl2NO3S/c1-25(23,24)15-8-9-21(11-15)18(22)13-4-2-12(3-5-13)14-6-7-16(19)17(20)10-14/h2-7,10,15H,8-9,11H2,1H3. The van der Waals surface area contributed by atoms with Crippen LogP contribution in [-0.2, 0) is 9.84 Å². The van der Waals surface area contributed by atoms with Crippen molar-refractivity contribution >= 4 is 38.9 Å². The first-order chi connectivity index (χ1) is 11.8. The van der Waals surface area contributed by atoms with E-state index in [-0.39, 0.29) is 12.5 Å². The average molecular weight is 398 g/mol. The maximum absolute atomic E-state index is 12.6. The van der Waals surface area contributed by atoms with Crippen LogP contribution in [0.5, 0.6) is 0 Å². The lowest BCUT2D eigenvalue weighted by Crippen LogP contribution is -2.31. The largest absolute Gasteiger partial charge is 0.337 e. The van der Waals surface area contributed by atoms with Gasteiger partial charge in [-0.2, -0.15) is 0 Å². The van der Waals surface area contributed by atoms with E-state index in [2.05, 4.69) is 0 Å². The highest BCUT2D eigenvalue weighted by Gasteiger charge is 2.32. The smallest absolute Gasteiger partial charge is 0.253 e. The molecule has 132 valence electrons. The fourth-order valence-electron chi connectivity index (χ4n) is 2.93. The molecule has 0 N–H and O–H groups in total. The van der Waals surface area contributed by atoms with E-state index in [1.54, 1.807) is 29.2 Å². The molecular formula is C18H17Cl2NO3S. The van der Waals surface area contributed by atoms with Crippen LogP contribution in [0.1, 0.15) is 16.8 Å². The molecule has 3 rings (SSSR count). The molecule has 1 heterocycles. The van der Waals surface area contributed by atoms with Gasteiger partial charge >= 0.3 is 0 Å². The number of carbonyl (C=O) groups excluding carboxylic acids is 1. The second kappa shape index (κ2) is 6.98. The lowest BCUT2D eigenvalue weighted by molar-refractivity contribution is 0.0793. The van der Waals surface area contributed by atoms with Crippen molar-refractivity contribution in [3.05, 3.63) is 58.1 Å². The first-order valence-corrected chi connectivity index (χ1v) is 10.5. The Hall–Kier alpha value is -1.56. The Kier molecular flexibility index (Phi) is 5.09. The molecule has 0 aliphatic carbocycles. The number of sulfone groups is 1. The zero-order chi connectivity index (χ0) is 18.2. The molecule has 1 amide bonds. The Morgan fingerprint density at radius 1 is 1.04 bits per heavy atom. The third kappa shape index (κ3) is 4.00. The molecule has 1 aliphatic heterocycles. The molecule has 1 unspecified atom stereocenters. The van der Waals surface area contributed by atoms with Crippen LogP contribution in [0.2, 0.25) is 10.0 Å². The highest BCUT2D eigenvalue weighted by molar-refractivity contribution is 7.91. The summed E-state index contributed by atoms with van der Waals surface area (Å²) in [7, 11) is -3.12. The van der Waals surface area contributed by atoms with E-state index in [4.69, 9.17) is 23.2 Å². The number of benzene rings is 2. The molecule has 2 aromatic rings. The van der Waals surface area contributed by atoms with E-state index in [9.17, 15) is 13.2 Å². The van der Waals surface area contributed by atoms with Gasteiger partial charge in [0.2, 0.25) is 0 Å². The normalized spacial score (nSPS) is 17.7. The zero-order valence-electron chi connectivity index (χ0n) is 13.6. The summed E-state index contributed by atoms with van der Waals surface area (Å²) in [6.07, 6.45) is 1.71. The van der Waals surface area contributed by atoms with Gasteiger partial charge in [-0.15, -0.1) is 0 Å². The first kappa shape index (κ1) is 18.2. The van der Waals surface area contributed by atoms with E-state index >= 15 is 0 Å². The molecule has 4 nitrogen and oxygen atoms in total. The van der Waals surface area contributed by atoms with Crippen LogP contribution >= 0.6 is 23.2 Å². The first-order valence-electron chi connectivity index (χ1n) is 7.79. The summed E-state index contributed by atoms with van der Waals surface area (Å²) in [4.78, 5) is 14.2. The van der Waals surface area contributed by atoms with Gasteiger partial charge in [-0.3, -0.25) is 4.79 Å². The second-order valence-corrected chi connectivity index (χ2v) is 9.34. The highest BCUT2D eigenvalue weighted by Crippen LogP contribution is 2.29. The number of halogens is 2. The Bertz CT molecular complexity index is 910. The third-order valence-corrected chi connectivity index (χ3v) is 6.76. The Labute approximate surface area is 157 Å². The van der Waals surface area contributed by atoms with Gasteiger partial charge in [0.15, 0.2) is 9.84 Å². The molecule has 1 atom stereocenters. The fraction of sp³-hybridized carbons (Fsp3) is 0.278. The van der Waals surface area contributed by atoms with Crippen LogP contribution in [0.25, 0.3) is 11.1 Å². The predicted octanol–water partition coefficient (Wildman–Crippen LogP) is 3.92. The van der Waals surface area contributed by atoms with Crippen LogP contribution in [0.3, 0.4) is 0 Å².